The van der Waals surface area contributed by atoms with Crippen LogP contribution in [0.3, 0.4) is 0 Å². The molecule has 1 unspecified atom stereocenters. The summed E-state index contributed by atoms with van der Waals surface area (Å²) in [4.78, 5) is 31.3. The number of nitrogens with zero attached hydrogens (tertiary/aromatic N) is 2. The molecule has 1 aromatic rings. The highest BCUT2D eigenvalue weighted by Gasteiger charge is 2.43. The average Bonchev–Trinajstić information content (AvgIpc) is 3.05. The smallest absolute Gasteiger partial charge is 0.338 e. The van der Waals surface area contributed by atoms with E-state index in [-0.39, 0.29) is 18.3 Å². The highest BCUT2D eigenvalue weighted by atomic mass is 32.2. The molecule has 0 aromatic heterocycles. The zero-order chi connectivity index (χ0) is 20.4. The van der Waals surface area contributed by atoms with E-state index in [0.717, 1.165) is 0 Å². The minimum atomic E-state index is -0.692. The van der Waals surface area contributed by atoms with Gasteiger partial charge in [0.05, 0.1) is 51.0 Å². The summed E-state index contributed by atoms with van der Waals surface area (Å²) in [5.41, 5.74) is 1.47. The van der Waals surface area contributed by atoms with E-state index in [0.29, 0.717) is 39.2 Å². The van der Waals surface area contributed by atoms with E-state index in [1.807, 2.05) is 0 Å². The van der Waals surface area contributed by atoms with Gasteiger partial charge in [0.25, 0.3) is 0 Å². The number of hydrogen-bond donors (Lipinski definition) is 0. The first-order valence-corrected chi connectivity index (χ1v) is 9.66. The maximum Gasteiger partial charge on any atom is 0.338 e. The number of aliphatic imine (C=N–C) groups is 1. The number of amides is 1. The third-order valence-corrected chi connectivity index (χ3v) is 5.42. The van der Waals surface area contributed by atoms with Gasteiger partial charge in [0.2, 0.25) is 11.7 Å². The molecule has 150 valence electrons. The number of amidine groups is 1. The van der Waals surface area contributed by atoms with Crippen molar-refractivity contribution in [1.82, 2.24) is 4.90 Å². The number of allylic oxidation sites excluding steroid dienone is 1. The molecule has 2 heterocycles. The van der Waals surface area contributed by atoms with Crippen molar-refractivity contribution in [1.29, 1.82) is 0 Å². The molecule has 1 aromatic carbocycles. The number of carbonyl (C=O) groups is 2. The summed E-state index contributed by atoms with van der Waals surface area (Å²) < 4.78 is 21.5. The van der Waals surface area contributed by atoms with Crippen LogP contribution in [-0.4, -0.2) is 55.6 Å². The van der Waals surface area contributed by atoms with Gasteiger partial charge in [-0.25, -0.2) is 9.79 Å². The zero-order valence-electron chi connectivity index (χ0n) is 16.4. The minimum Gasteiger partial charge on any atom is -0.493 e. The van der Waals surface area contributed by atoms with Crippen molar-refractivity contribution in [2.75, 3.05) is 33.7 Å². The fourth-order valence-corrected chi connectivity index (χ4v) is 4.23. The van der Waals surface area contributed by atoms with Gasteiger partial charge in [-0.05, 0) is 31.5 Å². The Labute approximate surface area is 167 Å². The fraction of sp³-hybridized carbons (Fsp3) is 0.421. The molecule has 0 saturated carbocycles. The molecule has 9 heteroatoms. The molecule has 1 saturated heterocycles. The minimum absolute atomic E-state index is 0.128. The number of benzene rings is 1. The number of fused-ring (bicyclic) bond motifs is 1. The second-order valence-corrected chi connectivity index (χ2v) is 6.97. The summed E-state index contributed by atoms with van der Waals surface area (Å²) in [7, 11) is 4.54. The maximum absolute atomic E-state index is 12.7. The Morgan fingerprint density at radius 3 is 2.39 bits per heavy atom. The van der Waals surface area contributed by atoms with Gasteiger partial charge in [-0.15, -0.1) is 0 Å². The number of ether oxygens (including phenoxy) is 4. The van der Waals surface area contributed by atoms with Gasteiger partial charge in [-0.1, -0.05) is 11.8 Å². The van der Waals surface area contributed by atoms with Gasteiger partial charge < -0.3 is 18.9 Å². The predicted octanol–water partition coefficient (Wildman–Crippen LogP) is 2.54. The lowest BCUT2D eigenvalue weighted by Crippen LogP contribution is -2.39. The van der Waals surface area contributed by atoms with Crippen molar-refractivity contribution in [2.45, 2.75) is 19.9 Å². The maximum atomic E-state index is 12.7. The summed E-state index contributed by atoms with van der Waals surface area (Å²) in [6, 6.07) is 2.78. The van der Waals surface area contributed by atoms with Crippen LogP contribution in [0.5, 0.6) is 17.2 Å². The number of rotatable bonds is 6. The SMILES string of the molecule is CCOC(=O)C1=C(C)N=C2SCC(=O)N2C1c1cc(OC)c(OC)c(OC)c1. The summed E-state index contributed by atoms with van der Waals surface area (Å²) in [6.07, 6.45) is 0. The van der Waals surface area contributed by atoms with Gasteiger partial charge in [0.15, 0.2) is 16.7 Å². The third kappa shape index (κ3) is 3.30. The predicted molar refractivity (Wildman–Crippen MR) is 105 cm³/mol. The van der Waals surface area contributed by atoms with E-state index in [1.165, 1.54) is 38.0 Å². The summed E-state index contributed by atoms with van der Waals surface area (Å²) in [5, 5.41) is 0.564. The quantitative estimate of drug-likeness (QED) is 0.671. The lowest BCUT2D eigenvalue weighted by atomic mass is 9.94. The van der Waals surface area contributed by atoms with E-state index in [1.54, 1.807) is 26.0 Å². The summed E-state index contributed by atoms with van der Waals surface area (Å²) >= 11 is 1.34. The molecule has 28 heavy (non-hydrogen) atoms. The summed E-state index contributed by atoms with van der Waals surface area (Å²) in [6.45, 7) is 3.69. The number of carbonyl (C=O) groups excluding carboxylic acids is 2. The molecule has 1 atom stereocenters. The first-order chi connectivity index (χ1) is 13.5. The topological polar surface area (TPSA) is 86.7 Å². The van der Waals surface area contributed by atoms with Crippen LogP contribution in [0.1, 0.15) is 25.5 Å². The molecule has 0 spiro atoms. The first kappa shape index (κ1) is 20.1. The molecule has 2 aliphatic rings. The zero-order valence-corrected chi connectivity index (χ0v) is 17.2. The largest absolute Gasteiger partial charge is 0.493 e. The molecule has 8 nitrogen and oxygen atoms in total. The monoisotopic (exact) mass is 406 g/mol. The Bertz CT molecular complexity index is 854. The van der Waals surface area contributed by atoms with Gasteiger partial charge in [-0.2, -0.15) is 0 Å². The molecule has 2 aliphatic heterocycles. The fourth-order valence-electron chi connectivity index (χ4n) is 3.29. The van der Waals surface area contributed by atoms with E-state index in [4.69, 9.17) is 18.9 Å². The van der Waals surface area contributed by atoms with Crippen molar-refractivity contribution in [3.63, 3.8) is 0 Å². The van der Waals surface area contributed by atoms with Crippen molar-refractivity contribution < 1.29 is 28.5 Å². The number of methoxy groups -OCH3 is 3. The van der Waals surface area contributed by atoms with Crippen molar-refractivity contribution in [3.8, 4) is 17.2 Å². The lowest BCUT2D eigenvalue weighted by Gasteiger charge is -2.33. The van der Waals surface area contributed by atoms with E-state index >= 15 is 0 Å². The molecular weight excluding hydrogens is 384 g/mol. The third-order valence-electron chi connectivity index (χ3n) is 4.48. The van der Waals surface area contributed by atoms with E-state index in [2.05, 4.69) is 4.99 Å². The molecule has 0 aliphatic carbocycles. The average molecular weight is 406 g/mol. The molecule has 0 N–H and O–H groups in total. The van der Waals surface area contributed by atoms with Crippen molar-refractivity contribution in [3.05, 3.63) is 29.0 Å². The molecule has 1 fully saturated rings. The van der Waals surface area contributed by atoms with Crippen LogP contribution in [0.15, 0.2) is 28.4 Å². The van der Waals surface area contributed by atoms with Crippen LogP contribution in [0.2, 0.25) is 0 Å². The van der Waals surface area contributed by atoms with Gasteiger partial charge >= 0.3 is 5.97 Å². The van der Waals surface area contributed by atoms with Crippen LogP contribution in [0.4, 0.5) is 0 Å². The van der Waals surface area contributed by atoms with E-state index < -0.39 is 12.0 Å². The van der Waals surface area contributed by atoms with Gasteiger partial charge in [-0.3, -0.25) is 9.69 Å². The molecule has 1 amide bonds. The summed E-state index contributed by atoms with van der Waals surface area (Å²) in [5.74, 6) is 0.924. The second-order valence-electron chi connectivity index (χ2n) is 6.03. The Morgan fingerprint density at radius 2 is 1.86 bits per heavy atom. The Kier molecular flexibility index (Phi) is 5.83. The normalized spacial score (nSPS) is 18.6. The highest BCUT2D eigenvalue weighted by molar-refractivity contribution is 8.15. The molecule has 0 radical (unpaired) electrons. The van der Waals surface area contributed by atoms with Crippen LogP contribution < -0.4 is 14.2 Å². The van der Waals surface area contributed by atoms with Crippen molar-refractivity contribution >= 4 is 28.8 Å². The first-order valence-electron chi connectivity index (χ1n) is 8.68. The van der Waals surface area contributed by atoms with Crippen LogP contribution in [-0.2, 0) is 14.3 Å². The number of hydrogen-bond acceptors (Lipinski definition) is 8. The Balaban J connectivity index is 2.22. The number of esters is 1. The van der Waals surface area contributed by atoms with Crippen LogP contribution in [0, 0.1) is 0 Å². The lowest BCUT2D eigenvalue weighted by molar-refractivity contribution is -0.139. The standard InChI is InChI=1S/C19H22N2O6S/c1-6-27-18(23)15-10(2)20-19-21(14(22)9-28-19)16(15)11-7-12(24-3)17(26-5)13(8-11)25-4/h7-8,16H,6,9H2,1-5H3. The van der Waals surface area contributed by atoms with Gasteiger partial charge in [0.1, 0.15) is 0 Å². The van der Waals surface area contributed by atoms with E-state index in [9.17, 15) is 9.59 Å². The number of thioether (sulfide) groups is 1. The highest BCUT2D eigenvalue weighted by Crippen LogP contribution is 2.46. The van der Waals surface area contributed by atoms with Gasteiger partial charge in [0, 0.05) is 0 Å². The Hall–Kier alpha value is -2.68. The van der Waals surface area contributed by atoms with Crippen LogP contribution >= 0.6 is 11.8 Å². The molecule has 0 bridgehead atoms. The van der Waals surface area contributed by atoms with Crippen molar-refractivity contribution in [2.24, 2.45) is 4.99 Å². The molecular formula is C19H22N2O6S. The Morgan fingerprint density at radius 1 is 1.21 bits per heavy atom. The molecule has 3 rings (SSSR count). The second kappa shape index (κ2) is 8.14. The van der Waals surface area contributed by atoms with Crippen LogP contribution in [0.25, 0.3) is 0 Å².